The van der Waals surface area contributed by atoms with Gasteiger partial charge >= 0.3 is 19.5 Å². The zero-order chi connectivity index (χ0) is 28.1. The summed E-state index contributed by atoms with van der Waals surface area (Å²) in [7, 11) is 0. The normalized spacial score (nSPS) is 8.98. The smallest absolute Gasteiger partial charge is 0.298 e. The van der Waals surface area contributed by atoms with E-state index in [9.17, 15) is 9.59 Å². The Balaban J connectivity index is 0.000000193. The summed E-state index contributed by atoms with van der Waals surface area (Å²) < 4.78 is 0. The standard InChI is InChI=1S/2C10H8N2.2C6H5NO.Ru/c2*1-3-7-11-9(5-1)10-6-2-4-8-12-10;2*8-5-6-2-1-3-7-4-6;/h2*1-8H;2*1-5H;/q;;;;+2. The van der Waals surface area contributed by atoms with Crippen LogP contribution in [-0.4, -0.2) is 42.5 Å². The molecule has 6 rings (SSSR count). The van der Waals surface area contributed by atoms with Crippen molar-refractivity contribution in [2.75, 3.05) is 0 Å². The van der Waals surface area contributed by atoms with Crippen LogP contribution in [0.25, 0.3) is 22.8 Å². The molecule has 0 amide bonds. The Morgan fingerprint density at radius 3 is 0.878 bits per heavy atom. The molecule has 0 bridgehead atoms. The predicted molar refractivity (Wildman–Crippen MR) is 154 cm³/mol. The van der Waals surface area contributed by atoms with Crippen LogP contribution in [0, 0.1) is 0 Å². The van der Waals surface area contributed by atoms with Crippen molar-refractivity contribution < 1.29 is 29.1 Å². The number of aromatic nitrogens is 6. The third kappa shape index (κ3) is 12.5. The number of aldehydes is 2. The van der Waals surface area contributed by atoms with E-state index < -0.39 is 0 Å². The van der Waals surface area contributed by atoms with E-state index in [1.807, 2.05) is 72.8 Å². The van der Waals surface area contributed by atoms with E-state index in [1.54, 1.807) is 61.4 Å². The first-order valence-electron chi connectivity index (χ1n) is 12.2. The summed E-state index contributed by atoms with van der Waals surface area (Å²) in [5.41, 5.74) is 4.90. The van der Waals surface area contributed by atoms with Crippen molar-refractivity contribution in [3.63, 3.8) is 0 Å². The van der Waals surface area contributed by atoms with Gasteiger partial charge < -0.3 is 0 Å². The molecule has 6 heterocycles. The molecule has 0 spiro atoms. The quantitative estimate of drug-likeness (QED) is 0.171. The summed E-state index contributed by atoms with van der Waals surface area (Å²) in [4.78, 5) is 44.1. The van der Waals surface area contributed by atoms with Crippen molar-refractivity contribution in [3.05, 3.63) is 158 Å². The fraction of sp³-hybridized carbons (Fsp3) is 0. The van der Waals surface area contributed by atoms with Crippen LogP contribution in [0.2, 0.25) is 0 Å². The SMILES string of the molecule is O=Cc1cccnc1.O=Cc1cccnc1.[Ru+2].c1ccc(-c2ccccn2)nc1.c1ccc(-c2ccccn2)nc1. The minimum Gasteiger partial charge on any atom is -0.298 e. The van der Waals surface area contributed by atoms with E-state index in [0.717, 1.165) is 35.3 Å². The maximum atomic E-state index is 9.97. The van der Waals surface area contributed by atoms with Crippen molar-refractivity contribution >= 4 is 12.6 Å². The monoisotopic (exact) mass is 628 g/mol. The van der Waals surface area contributed by atoms with Gasteiger partial charge in [0.1, 0.15) is 0 Å². The summed E-state index contributed by atoms with van der Waals surface area (Å²) in [6, 6.07) is 30.1. The number of hydrogen-bond donors (Lipinski definition) is 0. The number of pyridine rings is 6. The van der Waals surface area contributed by atoms with Gasteiger partial charge in [0.2, 0.25) is 0 Å². The second-order valence-corrected chi connectivity index (χ2v) is 7.67. The molecule has 202 valence electrons. The zero-order valence-electron chi connectivity index (χ0n) is 21.9. The Kier molecular flexibility index (Phi) is 15.5. The molecule has 0 N–H and O–H groups in total. The van der Waals surface area contributed by atoms with Crippen LogP contribution in [0.3, 0.4) is 0 Å². The molecule has 0 radical (unpaired) electrons. The summed E-state index contributed by atoms with van der Waals surface area (Å²) in [5.74, 6) is 0. The average Bonchev–Trinajstić information content (AvgIpc) is 3.08. The van der Waals surface area contributed by atoms with E-state index in [1.165, 1.54) is 12.4 Å². The van der Waals surface area contributed by atoms with Crippen LogP contribution in [0.15, 0.2) is 147 Å². The number of rotatable bonds is 4. The molecule has 0 saturated carbocycles. The zero-order valence-corrected chi connectivity index (χ0v) is 23.6. The van der Waals surface area contributed by atoms with Gasteiger partial charge in [-0.15, -0.1) is 0 Å². The fourth-order valence-electron chi connectivity index (χ4n) is 2.95. The van der Waals surface area contributed by atoms with Gasteiger partial charge in [0.05, 0.1) is 22.8 Å². The van der Waals surface area contributed by atoms with Crippen LogP contribution in [0.5, 0.6) is 0 Å². The van der Waals surface area contributed by atoms with Gasteiger partial charge in [0.25, 0.3) is 0 Å². The van der Waals surface area contributed by atoms with Gasteiger partial charge in [-0.2, -0.15) is 0 Å². The molecular formula is C32H26N6O2Ru+2. The Labute approximate surface area is 251 Å². The molecule has 0 aliphatic rings. The summed E-state index contributed by atoms with van der Waals surface area (Å²) in [5, 5.41) is 0. The van der Waals surface area contributed by atoms with Crippen molar-refractivity contribution in [2.45, 2.75) is 0 Å². The molecule has 8 nitrogen and oxygen atoms in total. The first-order chi connectivity index (χ1) is 19.8. The molecular weight excluding hydrogens is 601 g/mol. The first-order valence-corrected chi connectivity index (χ1v) is 12.2. The first kappa shape index (κ1) is 32.1. The van der Waals surface area contributed by atoms with Crippen LogP contribution < -0.4 is 0 Å². The molecule has 0 atom stereocenters. The largest absolute Gasteiger partial charge is 2.00 e. The maximum Gasteiger partial charge on any atom is 2.00 e. The van der Waals surface area contributed by atoms with E-state index in [0.29, 0.717) is 11.1 Å². The molecule has 0 saturated heterocycles. The average molecular weight is 628 g/mol. The van der Waals surface area contributed by atoms with Crippen molar-refractivity contribution in [1.29, 1.82) is 0 Å². The van der Waals surface area contributed by atoms with E-state index in [2.05, 4.69) is 29.9 Å². The van der Waals surface area contributed by atoms with Crippen LogP contribution >= 0.6 is 0 Å². The fourth-order valence-corrected chi connectivity index (χ4v) is 2.95. The topological polar surface area (TPSA) is 111 Å². The second kappa shape index (κ2) is 19.9. The Morgan fingerprint density at radius 2 is 0.707 bits per heavy atom. The minimum atomic E-state index is 0. The van der Waals surface area contributed by atoms with Crippen LogP contribution in [0.1, 0.15) is 20.7 Å². The Hall–Kier alpha value is -5.14. The van der Waals surface area contributed by atoms with Crippen molar-refractivity contribution in [3.8, 4) is 22.8 Å². The second-order valence-electron chi connectivity index (χ2n) is 7.67. The van der Waals surface area contributed by atoms with Crippen LogP contribution in [0.4, 0.5) is 0 Å². The van der Waals surface area contributed by atoms with Crippen molar-refractivity contribution in [1.82, 2.24) is 29.9 Å². The summed E-state index contributed by atoms with van der Waals surface area (Å²) in [6.45, 7) is 0. The molecule has 0 fully saturated rings. The number of nitrogens with zero attached hydrogens (tertiary/aromatic N) is 6. The summed E-state index contributed by atoms with van der Waals surface area (Å²) in [6.07, 6.45) is 14.9. The van der Waals surface area contributed by atoms with E-state index in [4.69, 9.17) is 0 Å². The molecule has 9 heteroatoms. The molecule has 0 aliphatic carbocycles. The third-order valence-electron chi connectivity index (χ3n) is 4.83. The summed E-state index contributed by atoms with van der Waals surface area (Å²) >= 11 is 0. The molecule has 0 aromatic carbocycles. The molecule has 0 aliphatic heterocycles. The number of carbonyl (C=O) groups excluding carboxylic acids is 2. The van der Waals surface area contributed by atoms with E-state index in [-0.39, 0.29) is 19.5 Å². The van der Waals surface area contributed by atoms with Gasteiger partial charge in [-0.05, 0) is 72.8 Å². The van der Waals surface area contributed by atoms with Gasteiger partial charge in [-0.1, -0.05) is 24.3 Å². The number of carbonyl (C=O) groups is 2. The van der Waals surface area contributed by atoms with Gasteiger partial charge in [0, 0.05) is 60.7 Å². The molecule has 6 aromatic rings. The number of hydrogen-bond acceptors (Lipinski definition) is 8. The Bertz CT molecular complexity index is 1310. The van der Waals surface area contributed by atoms with Crippen molar-refractivity contribution in [2.24, 2.45) is 0 Å². The van der Waals surface area contributed by atoms with Gasteiger partial charge in [0.15, 0.2) is 12.6 Å². The third-order valence-corrected chi connectivity index (χ3v) is 4.83. The van der Waals surface area contributed by atoms with Crippen LogP contribution in [-0.2, 0) is 19.5 Å². The maximum absolute atomic E-state index is 9.97. The molecule has 6 aromatic heterocycles. The predicted octanol–water partition coefficient (Wildman–Crippen LogP) is 6.07. The Morgan fingerprint density at radius 1 is 0.390 bits per heavy atom. The van der Waals surface area contributed by atoms with Gasteiger partial charge in [-0.3, -0.25) is 39.5 Å². The van der Waals surface area contributed by atoms with Gasteiger partial charge in [-0.25, -0.2) is 0 Å². The molecule has 0 unspecified atom stereocenters. The van der Waals surface area contributed by atoms with E-state index >= 15 is 0 Å². The minimum absolute atomic E-state index is 0. The molecule has 41 heavy (non-hydrogen) atoms.